The summed E-state index contributed by atoms with van der Waals surface area (Å²) >= 11 is 0. The smallest absolute Gasteiger partial charge is 0.149 e. The van der Waals surface area contributed by atoms with E-state index in [-0.39, 0.29) is 0 Å². The molecule has 0 bridgehead atoms. The van der Waals surface area contributed by atoms with Gasteiger partial charge in [-0.3, -0.25) is 0 Å². The van der Waals surface area contributed by atoms with Crippen LogP contribution in [-0.4, -0.2) is 6.21 Å². The third-order valence-corrected chi connectivity index (χ3v) is 1.29. The molecular weight excluding hydrogens is 138 g/mol. The third-order valence-electron chi connectivity index (χ3n) is 1.29. The van der Waals surface area contributed by atoms with Gasteiger partial charge < -0.3 is 11.1 Å². The number of dihydropyridines is 1. The first-order valence-electron chi connectivity index (χ1n) is 3.40. The molecule has 0 spiro atoms. The van der Waals surface area contributed by atoms with Crippen LogP contribution in [0.3, 0.4) is 0 Å². The summed E-state index contributed by atoms with van der Waals surface area (Å²) in [6, 6.07) is 0. The Morgan fingerprint density at radius 2 is 2.55 bits per heavy atom. The number of nitrogens with zero attached hydrogens (tertiary/aromatic N) is 1. The van der Waals surface area contributed by atoms with Crippen molar-refractivity contribution in [1.29, 1.82) is 0 Å². The minimum Gasteiger partial charge on any atom is -0.399 e. The molecule has 0 amide bonds. The van der Waals surface area contributed by atoms with Crippen LogP contribution in [0.4, 0.5) is 0 Å². The molecule has 1 aliphatic rings. The van der Waals surface area contributed by atoms with E-state index in [0.29, 0.717) is 5.82 Å². The largest absolute Gasteiger partial charge is 0.399 e. The topological polar surface area (TPSA) is 50.4 Å². The van der Waals surface area contributed by atoms with Crippen molar-refractivity contribution >= 4 is 6.21 Å². The molecule has 3 nitrogen and oxygen atoms in total. The molecule has 1 rings (SSSR count). The van der Waals surface area contributed by atoms with E-state index in [1.54, 1.807) is 12.3 Å². The van der Waals surface area contributed by atoms with Crippen molar-refractivity contribution in [2.45, 2.75) is 6.42 Å². The van der Waals surface area contributed by atoms with E-state index < -0.39 is 0 Å². The number of nitrogens with two attached hydrogens (primary N) is 1. The van der Waals surface area contributed by atoms with Crippen molar-refractivity contribution in [2.24, 2.45) is 10.7 Å². The lowest BCUT2D eigenvalue weighted by Crippen LogP contribution is -2.15. The van der Waals surface area contributed by atoms with Gasteiger partial charge in [-0.2, -0.15) is 0 Å². The molecule has 0 atom stereocenters. The van der Waals surface area contributed by atoms with Gasteiger partial charge >= 0.3 is 0 Å². The van der Waals surface area contributed by atoms with Crippen LogP contribution < -0.4 is 11.1 Å². The molecule has 0 unspecified atom stereocenters. The third kappa shape index (κ3) is 1.97. The molecule has 0 fully saturated rings. The summed E-state index contributed by atoms with van der Waals surface area (Å²) in [5.41, 5.74) is 6.39. The molecule has 0 aromatic carbocycles. The fourth-order valence-corrected chi connectivity index (χ4v) is 0.761. The normalized spacial score (nSPS) is 17.1. The minimum absolute atomic E-state index is 0.715. The van der Waals surface area contributed by atoms with Crippen LogP contribution in [0.5, 0.6) is 0 Å². The van der Waals surface area contributed by atoms with E-state index >= 15 is 0 Å². The van der Waals surface area contributed by atoms with E-state index in [1.807, 2.05) is 12.3 Å². The first-order chi connectivity index (χ1) is 5.34. The SMILES string of the molecule is C=CC=NC1=C(N)CC=CN1. The Bertz CT molecular complexity index is 236. The highest BCUT2D eigenvalue weighted by molar-refractivity contribution is 5.71. The fraction of sp³-hybridized carbons (Fsp3) is 0.125. The van der Waals surface area contributed by atoms with Crippen LogP contribution in [-0.2, 0) is 0 Å². The summed E-state index contributed by atoms with van der Waals surface area (Å²) in [6.07, 6.45) is 7.75. The highest BCUT2D eigenvalue weighted by Gasteiger charge is 2.01. The number of nitrogens with one attached hydrogen (secondary N) is 1. The van der Waals surface area contributed by atoms with E-state index in [2.05, 4.69) is 16.9 Å². The van der Waals surface area contributed by atoms with Gasteiger partial charge in [-0.1, -0.05) is 18.7 Å². The first-order valence-corrected chi connectivity index (χ1v) is 3.40. The standard InChI is InChI=1S/C8H11N3/c1-2-5-10-8-7(9)4-3-6-11-8/h2-3,5-6,11H,1,4,9H2. The average Bonchev–Trinajstić information content (AvgIpc) is 2.03. The second-order valence-electron chi connectivity index (χ2n) is 2.14. The molecule has 0 aromatic heterocycles. The molecule has 1 heterocycles. The summed E-state index contributed by atoms with van der Waals surface area (Å²) in [6.45, 7) is 3.51. The fourth-order valence-electron chi connectivity index (χ4n) is 0.761. The number of rotatable bonds is 2. The van der Waals surface area contributed by atoms with E-state index in [4.69, 9.17) is 5.73 Å². The predicted octanol–water partition coefficient (Wildman–Crippen LogP) is 0.878. The van der Waals surface area contributed by atoms with Crippen molar-refractivity contribution in [3.05, 3.63) is 36.4 Å². The molecular formula is C8H11N3. The van der Waals surface area contributed by atoms with Crippen LogP contribution in [0, 0.1) is 0 Å². The quantitative estimate of drug-likeness (QED) is 0.572. The second-order valence-corrected chi connectivity index (χ2v) is 2.14. The summed E-state index contributed by atoms with van der Waals surface area (Å²) in [7, 11) is 0. The molecule has 58 valence electrons. The molecule has 3 N–H and O–H groups in total. The molecule has 1 aliphatic heterocycles. The maximum atomic E-state index is 5.64. The van der Waals surface area contributed by atoms with Gasteiger partial charge in [0.15, 0.2) is 0 Å². The maximum Gasteiger partial charge on any atom is 0.149 e. The van der Waals surface area contributed by atoms with E-state index in [9.17, 15) is 0 Å². The Hall–Kier alpha value is -1.51. The van der Waals surface area contributed by atoms with Gasteiger partial charge in [0.2, 0.25) is 0 Å². The zero-order valence-corrected chi connectivity index (χ0v) is 6.25. The number of hydrogen-bond acceptors (Lipinski definition) is 3. The first kappa shape index (κ1) is 7.60. The van der Waals surface area contributed by atoms with Crippen molar-refractivity contribution < 1.29 is 0 Å². The Labute approximate surface area is 66.0 Å². The Kier molecular flexibility index (Phi) is 2.49. The van der Waals surface area contributed by atoms with Gasteiger partial charge in [0, 0.05) is 12.6 Å². The molecule has 0 radical (unpaired) electrons. The second kappa shape index (κ2) is 3.61. The van der Waals surface area contributed by atoms with Gasteiger partial charge in [-0.15, -0.1) is 0 Å². The van der Waals surface area contributed by atoms with Crippen molar-refractivity contribution in [3.8, 4) is 0 Å². The highest BCUT2D eigenvalue weighted by Crippen LogP contribution is 2.06. The lowest BCUT2D eigenvalue weighted by Gasteiger charge is -2.09. The van der Waals surface area contributed by atoms with Crippen LogP contribution in [0.1, 0.15) is 6.42 Å². The Balaban J connectivity index is 2.68. The van der Waals surface area contributed by atoms with E-state index in [1.165, 1.54) is 0 Å². The predicted molar refractivity (Wildman–Crippen MR) is 46.8 cm³/mol. The van der Waals surface area contributed by atoms with Gasteiger partial charge in [-0.05, 0) is 6.20 Å². The van der Waals surface area contributed by atoms with Crippen LogP contribution in [0.15, 0.2) is 41.4 Å². The summed E-state index contributed by atoms with van der Waals surface area (Å²) in [5.74, 6) is 0.715. The zero-order chi connectivity index (χ0) is 8.10. The van der Waals surface area contributed by atoms with Gasteiger partial charge in [0.1, 0.15) is 5.82 Å². The lowest BCUT2D eigenvalue weighted by atomic mass is 10.3. The van der Waals surface area contributed by atoms with Crippen molar-refractivity contribution in [1.82, 2.24) is 5.32 Å². The van der Waals surface area contributed by atoms with Crippen LogP contribution >= 0.6 is 0 Å². The van der Waals surface area contributed by atoms with Gasteiger partial charge in [0.25, 0.3) is 0 Å². The summed E-state index contributed by atoms with van der Waals surface area (Å²) in [5, 5.41) is 2.93. The van der Waals surface area contributed by atoms with Crippen LogP contribution in [0.25, 0.3) is 0 Å². The zero-order valence-electron chi connectivity index (χ0n) is 6.25. The van der Waals surface area contributed by atoms with E-state index in [0.717, 1.165) is 12.1 Å². The molecule has 0 saturated carbocycles. The lowest BCUT2D eigenvalue weighted by molar-refractivity contribution is 0.913. The molecule has 11 heavy (non-hydrogen) atoms. The van der Waals surface area contributed by atoms with Crippen molar-refractivity contribution in [3.63, 3.8) is 0 Å². The maximum absolute atomic E-state index is 5.64. The van der Waals surface area contributed by atoms with Gasteiger partial charge in [0.05, 0.1) is 5.70 Å². The van der Waals surface area contributed by atoms with Crippen molar-refractivity contribution in [2.75, 3.05) is 0 Å². The minimum atomic E-state index is 0.715. The number of allylic oxidation sites excluding steroid dienone is 2. The highest BCUT2D eigenvalue weighted by atomic mass is 15.0. The summed E-state index contributed by atoms with van der Waals surface area (Å²) < 4.78 is 0. The van der Waals surface area contributed by atoms with Crippen LogP contribution in [0.2, 0.25) is 0 Å². The number of hydrogen-bond donors (Lipinski definition) is 2. The molecule has 3 heteroatoms. The number of aliphatic imine (C=N–C) groups is 1. The molecule has 0 aliphatic carbocycles. The Morgan fingerprint density at radius 1 is 1.73 bits per heavy atom. The Morgan fingerprint density at radius 3 is 3.18 bits per heavy atom. The molecule has 0 saturated heterocycles. The monoisotopic (exact) mass is 149 g/mol. The summed E-state index contributed by atoms with van der Waals surface area (Å²) in [4.78, 5) is 4.03. The van der Waals surface area contributed by atoms with Gasteiger partial charge in [-0.25, -0.2) is 4.99 Å². The average molecular weight is 149 g/mol. The molecule has 0 aromatic rings.